The Morgan fingerprint density at radius 3 is 2.53 bits per heavy atom. The number of carbonyl (C=O) groups excluding carboxylic acids is 2. The topological polar surface area (TPSA) is 131 Å². The van der Waals surface area contributed by atoms with Crippen LogP contribution in [0.3, 0.4) is 0 Å². The van der Waals surface area contributed by atoms with Crippen LogP contribution in [0.2, 0.25) is 0 Å². The fraction of sp³-hybridized carbons (Fsp3) is 0.346. The summed E-state index contributed by atoms with van der Waals surface area (Å²) < 4.78 is 1.49. The third-order valence-electron chi connectivity index (χ3n) is 6.38. The number of hydrogen-bond acceptors (Lipinski definition) is 6. The molecule has 0 atom stereocenters. The van der Waals surface area contributed by atoms with Crippen LogP contribution in [0.15, 0.2) is 55.0 Å². The SMILES string of the molecule is C=CC(C=C)n1nccc1C(=O)N=C(C(=O)Nc1cnc(-c2c(C)n[nH]c2C)cn1)C1CCCCC1. The van der Waals surface area contributed by atoms with E-state index in [9.17, 15) is 9.59 Å². The van der Waals surface area contributed by atoms with Gasteiger partial charge in [0, 0.05) is 23.4 Å². The molecule has 2 amide bonds. The van der Waals surface area contributed by atoms with Crippen LogP contribution < -0.4 is 5.32 Å². The molecular weight excluding hydrogens is 456 g/mol. The second kappa shape index (κ2) is 11.0. The summed E-state index contributed by atoms with van der Waals surface area (Å²) in [4.78, 5) is 39.6. The molecule has 1 aliphatic carbocycles. The molecule has 10 nitrogen and oxygen atoms in total. The maximum absolute atomic E-state index is 13.3. The molecule has 4 rings (SSSR count). The quantitative estimate of drug-likeness (QED) is 0.359. The number of hydrogen-bond donors (Lipinski definition) is 2. The largest absolute Gasteiger partial charge is 0.304 e. The van der Waals surface area contributed by atoms with Crippen molar-refractivity contribution in [1.29, 1.82) is 0 Å². The van der Waals surface area contributed by atoms with Crippen LogP contribution in [0.25, 0.3) is 11.3 Å². The van der Waals surface area contributed by atoms with Crippen molar-refractivity contribution in [2.45, 2.75) is 52.0 Å². The molecule has 2 N–H and O–H groups in total. The van der Waals surface area contributed by atoms with Crippen molar-refractivity contribution in [1.82, 2.24) is 29.9 Å². The lowest BCUT2D eigenvalue weighted by molar-refractivity contribution is -0.110. The first kappa shape index (κ1) is 24.9. The molecule has 1 aliphatic rings. The van der Waals surface area contributed by atoms with Gasteiger partial charge in [0.05, 0.1) is 29.8 Å². The minimum atomic E-state index is -0.538. The summed E-state index contributed by atoms with van der Waals surface area (Å²) in [6.07, 6.45) is 12.5. The zero-order chi connectivity index (χ0) is 25.7. The van der Waals surface area contributed by atoms with Gasteiger partial charge in [-0.25, -0.2) is 14.7 Å². The fourth-order valence-corrected chi connectivity index (χ4v) is 4.52. The van der Waals surface area contributed by atoms with E-state index in [-0.39, 0.29) is 29.2 Å². The molecule has 1 saturated carbocycles. The van der Waals surface area contributed by atoms with Gasteiger partial charge < -0.3 is 5.32 Å². The fourth-order valence-electron chi connectivity index (χ4n) is 4.52. The number of aromatic nitrogens is 6. The molecule has 1 fully saturated rings. The Balaban J connectivity index is 1.59. The van der Waals surface area contributed by atoms with E-state index in [1.54, 1.807) is 24.4 Å². The van der Waals surface area contributed by atoms with Crippen molar-refractivity contribution >= 4 is 23.3 Å². The first-order valence-corrected chi connectivity index (χ1v) is 12.0. The Morgan fingerprint density at radius 2 is 1.92 bits per heavy atom. The lowest BCUT2D eigenvalue weighted by Gasteiger charge is -2.22. The molecule has 10 heteroatoms. The summed E-state index contributed by atoms with van der Waals surface area (Å²) in [6.45, 7) is 11.3. The van der Waals surface area contributed by atoms with E-state index >= 15 is 0 Å². The molecule has 0 radical (unpaired) electrons. The van der Waals surface area contributed by atoms with Gasteiger partial charge in [0.2, 0.25) is 0 Å². The van der Waals surface area contributed by atoms with Gasteiger partial charge >= 0.3 is 0 Å². The smallest absolute Gasteiger partial charge is 0.295 e. The number of rotatable bonds is 8. The summed E-state index contributed by atoms with van der Waals surface area (Å²) in [5, 5.41) is 14.1. The molecule has 186 valence electrons. The number of nitrogens with zero attached hydrogens (tertiary/aromatic N) is 6. The first-order chi connectivity index (χ1) is 17.4. The van der Waals surface area contributed by atoms with E-state index in [2.05, 4.69) is 48.7 Å². The highest BCUT2D eigenvalue weighted by Gasteiger charge is 2.27. The molecule has 0 bridgehead atoms. The number of carbonyl (C=O) groups is 2. The number of aliphatic imine (C=N–C) groups is 1. The molecule has 0 saturated heterocycles. The summed E-state index contributed by atoms with van der Waals surface area (Å²) in [5.41, 5.74) is 3.70. The summed E-state index contributed by atoms with van der Waals surface area (Å²) in [7, 11) is 0. The lowest BCUT2D eigenvalue weighted by Crippen LogP contribution is -2.32. The van der Waals surface area contributed by atoms with Crippen LogP contribution in [0.4, 0.5) is 5.82 Å². The molecule has 0 aliphatic heterocycles. The highest BCUT2D eigenvalue weighted by Crippen LogP contribution is 2.27. The maximum atomic E-state index is 13.3. The molecule has 3 aromatic rings. The number of amides is 2. The highest BCUT2D eigenvalue weighted by molar-refractivity contribution is 6.45. The van der Waals surface area contributed by atoms with E-state index in [0.29, 0.717) is 5.69 Å². The second-order valence-electron chi connectivity index (χ2n) is 8.81. The third kappa shape index (κ3) is 5.22. The highest BCUT2D eigenvalue weighted by atomic mass is 16.2. The van der Waals surface area contributed by atoms with Crippen molar-refractivity contribution in [3.05, 3.63) is 67.0 Å². The lowest BCUT2D eigenvalue weighted by atomic mass is 9.85. The van der Waals surface area contributed by atoms with Crippen LogP contribution in [-0.2, 0) is 4.79 Å². The van der Waals surface area contributed by atoms with E-state index in [0.717, 1.165) is 49.1 Å². The van der Waals surface area contributed by atoms with Crippen molar-refractivity contribution in [3.63, 3.8) is 0 Å². The average molecular weight is 487 g/mol. The monoisotopic (exact) mass is 486 g/mol. The van der Waals surface area contributed by atoms with Gasteiger partial charge in [-0.05, 0) is 32.8 Å². The normalized spacial score (nSPS) is 14.6. The number of allylic oxidation sites excluding steroid dienone is 2. The van der Waals surface area contributed by atoms with Crippen LogP contribution in [-0.4, -0.2) is 47.5 Å². The van der Waals surface area contributed by atoms with Crippen LogP contribution >= 0.6 is 0 Å². The number of aryl methyl sites for hydroxylation is 2. The maximum Gasteiger partial charge on any atom is 0.295 e. The summed E-state index contributed by atoms with van der Waals surface area (Å²) in [5.74, 6) is -0.827. The van der Waals surface area contributed by atoms with E-state index in [1.807, 2.05) is 13.8 Å². The van der Waals surface area contributed by atoms with Gasteiger partial charge in [-0.15, -0.1) is 13.2 Å². The Kier molecular flexibility index (Phi) is 7.62. The zero-order valence-corrected chi connectivity index (χ0v) is 20.6. The minimum Gasteiger partial charge on any atom is -0.304 e. The summed E-state index contributed by atoms with van der Waals surface area (Å²) in [6, 6.07) is 1.21. The van der Waals surface area contributed by atoms with Crippen molar-refractivity contribution < 1.29 is 9.59 Å². The second-order valence-corrected chi connectivity index (χ2v) is 8.81. The van der Waals surface area contributed by atoms with Crippen LogP contribution in [0.1, 0.15) is 60.0 Å². The molecule has 3 aromatic heterocycles. The average Bonchev–Trinajstić information content (AvgIpc) is 3.51. The van der Waals surface area contributed by atoms with Crippen LogP contribution in [0.5, 0.6) is 0 Å². The van der Waals surface area contributed by atoms with Gasteiger partial charge in [0.25, 0.3) is 11.8 Å². The van der Waals surface area contributed by atoms with E-state index < -0.39 is 11.8 Å². The first-order valence-electron chi connectivity index (χ1n) is 12.0. The van der Waals surface area contributed by atoms with E-state index in [4.69, 9.17) is 0 Å². The molecule has 0 aromatic carbocycles. The van der Waals surface area contributed by atoms with Gasteiger partial charge in [0.15, 0.2) is 5.82 Å². The Morgan fingerprint density at radius 1 is 1.17 bits per heavy atom. The Bertz CT molecular complexity index is 1270. The molecule has 3 heterocycles. The Hall–Kier alpha value is -4.21. The predicted molar refractivity (Wildman–Crippen MR) is 138 cm³/mol. The van der Waals surface area contributed by atoms with Crippen molar-refractivity contribution in [3.8, 4) is 11.3 Å². The minimum absolute atomic E-state index is 0.114. The van der Waals surface area contributed by atoms with Crippen molar-refractivity contribution in [2.75, 3.05) is 5.32 Å². The standard InChI is InChI=1S/C26H30N8O2/c1-5-19(6-2)34-21(12-13-29-34)25(35)31-24(18-10-8-7-9-11-18)26(36)30-22-15-27-20(14-28-22)23-16(3)32-33-17(23)4/h5-6,12-15,18-19H,1-2,7-11H2,3-4H3,(H,32,33)(H,28,30,36). The van der Waals surface area contributed by atoms with Gasteiger partial charge in [-0.3, -0.25) is 19.7 Å². The van der Waals surface area contributed by atoms with Gasteiger partial charge in [-0.1, -0.05) is 31.4 Å². The van der Waals surface area contributed by atoms with Crippen molar-refractivity contribution in [2.24, 2.45) is 10.9 Å². The molecular formula is C26H30N8O2. The number of aromatic amines is 1. The zero-order valence-electron chi connectivity index (χ0n) is 20.6. The van der Waals surface area contributed by atoms with Crippen LogP contribution in [0, 0.1) is 19.8 Å². The molecule has 36 heavy (non-hydrogen) atoms. The number of H-pyrrole nitrogens is 1. The number of nitrogens with one attached hydrogen (secondary N) is 2. The molecule has 0 unspecified atom stereocenters. The Labute approximate surface area is 209 Å². The third-order valence-corrected chi connectivity index (χ3v) is 6.38. The van der Waals surface area contributed by atoms with Gasteiger partial charge in [-0.2, -0.15) is 10.2 Å². The van der Waals surface area contributed by atoms with E-state index in [1.165, 1.54) is 17.1 Å². The van der Waals surface area contributed by atoms with Gasteiger partial charge in [0.1, 0.15) is 11.4 Å². The summed E-state index contributed by atoms with van der Waals surface area (Å²) >= 11 is 0. The predicted octanol–water partition coefficient (Wildman–Crippen LogP) is 4.39. The molecule has 0 spiro atoms. The number of anilines is 1.